The van der Waals surface area contributed by atoms with Gasteiger partial charge in [0.15, 0.2) is 0 Å². The summed E-state index contributed by atoms with van der Waals surface area (Å²) in [4.78, 5) is 12.4. The number of ether oxygens (including phenoxy) is 1. The van der Waals surface area contributed by atoms with Gasteiger partial charge in [-0.2, -0.15) is 5.10 Å². The Labute approximate surface area is 189 Å². The maximum absolute atomic E-state index is 11.7. The summed E-state index contributed by atoms with van der Waals surface area (Å²) in [5.74, 6) is 0.642. The number of anilines is 1. The number of nitrogens with zero attached hydrogens (tertiary/aromatic N) is 4. The summed E-state index contributed by atoms with van der Waals surface area (Å²) in [5.41, 5.74) is 2.15. The predicted molar refractivity (Wildman–Crippen MR) is 125 cm³/mol. The number of rotatable bonds is 5. The molecule has 5 rings (SSSR count). The molecule has 0 amide bonds. The quantitative estimate of drug-likeness (QED) is 0.459. The number of nitrogens with one attached hydrogen (secondary N) is 2. The molecule has 168 valence electrons. The van der Waals surface area contributed by atoms with Gasteiger partial charge in [0.25, 0.3) is 0 Å². The van der Waals surface area contributed by atoms with Crippen LogP contribution in [0.2, 0.25) is 0 Å². The lowest BCUT2D eigenvalue weighted by molar-refractivity contribution is 0.0402. The predicted octanol–water partition coefficient (Wildman–Crippen LogP) is 2.93. The van der Waals surface area contributed by atoms with Crippen LogP contribution < -0.4 is 9.62 Å². The second-order valence-corrected chi connectivity index (χ2v) is 11.3. The molecule has 32 heavy (non-hydrogen) atoms. The minimum atomic E-state index is -3.34. The first-order valence-corrected chi connectivity index (χ1v) is 12.9. The lowest BCUT2D eigenvalue weighted by atomic mass is 10.0. The van der Waals surface area contributed by atoms with Crippen molar-refractivity contribution in [1.82, 2.24) is 24.9 Å². The third kappa shape index (κ3) is 4.08. The summed E-state index contributed by atoms with van der Waals surface area (Å²) in [7, 11) is -3.34. The van der Waals surface area contributed by atoms with Crippen molar-refractivity contribution in [1.29, 1.82) is 0 Å². The highest BCUT2D eigenvalue weighted by Crippen LogP contribution is 2.34. The Kier molecular flexibility index (Phi) is 5.16. The summed E-state index contributed by atoms with van der Waals surface area (Å²) in [6.07, 6.45) is 4.69. The number of aromatic amines is 1. The summed E-state index contributed by atoms with van der Waals surface area (Å²) in [6, 6.07) is 8.00. The van der Waals surface area contributed by atoms with E-state index in [1.807, 2.05) is 44.4 Å². The molecular weight excluding hydrogens is 448 g/mol. The summed E-state index contributed by atoms with van der Waals surface area (Å²) in [5, 5.41) is 8.21. The molecule has 1 atom stereocenters. The van der Waals surface area contributed by atoms with E-state index >= 15 is 0 Å². The molecule has 9 nitrogen and oxygen atoms in total. The van der Waals surface area contributed by atoms with Crippen LogP contribution in [0.1, 0.15) is 30.4 Å². The number of benzene rings is 1. The van der Waals surface area contributed by atoms with Crippen LogP contribution in [0.15, 0.2) is 36.7 Å². The van der Waals surface area contributed by atoms with E-state index in [1.54, 1.807) is 0 Å². The molecule has 11 heteroatoms. The molecule has 3 aromatic heterocycles. The highest BCUT2D eigenvalue weighted by atomic mass is 32.2. The average Bonchev–Trinajstić information content (AvgIpc) is 3.38. The van der Waals surface area contributed by atoms with Gasteiger partial charge < -0.3 is 9.64 Å². The lowest BCUT2D eigenvalue weighted by Crippen LogP contribution is -2.39. The molecule has 1 saturated heterocycles. The molecule has 4 heterocycles. The first-order chi connectivity index (χ1) is 15.2. The van der Waals surface area contributed by atoms with Gasteiger partial charge in [-0.15, -0.1) is 11.3 Å². The molecule has 1 fully saturated rings. The zero-order valence-corrected chi connectivity index (χ0v) is 19.6. The highest BCUT2D eigenvalue weighted by Gasteiger charge is 2.28. The van der Waals surface area contributed by atoms with Gasteiger partial charge in [-0.3, -0.25) is 5.10 Å². The van der Waals surface area contributed by atoms with Crippen LogP contribution in [0.5, 0.6) is 0 Å². The molecule has 0 radical (unpaired) electrons. The Balaban J connectivity index is 1.42. The number of aromatic nitrogens is 4. The average molecular weight is 473 g/mol. The number of morpholine rings is 1. The third-order valence-electron chi connectivity index (χ3n) is 5.53. The number of sulfonamides is 1. The summed E-state index contributed by atoms with van der Waals surface area (Å²) >= 11 is 1.49. The Morgan fingerprint density at radius 1 is 1.31 bits per heavy atom. The number of fused-ring (bicyclic) bond motifs is 2. The van der Waals surface area contributed by atoms with Crippen molar-refractivity contribution in [3.8, 4) is 0 Å². The lowest BCUT2D eigenvalue weighted by Gasteiger charge is -2.33. The van der Waals surface area contributed by atoms with Crippen LogP contribution in [0.3, 0.4) is 0 Å². The zero-order valence-electron chi connectivity index (χ0n) is 18.0. The van der Waals surface area contributed by atoms with Gasteiger partial charge >= 0.3 is 0 Å². The minimum Gasteiger partial charge on any atom is -0.370 e. The maximum Gasteiger partial charge on any atom is 0.226 e. The summed E-state index contributed by atoms with van der Waals surface area (Å²) < 4.78 is 33.2. The molecule has 2 N–H and O–H groups in total. The van der Waals surface area contributed by atoms with Crippen LogP contribution in [-0.4, -0.2) is 54.5 Å². The maximum atomic E-state index is 11.7. The second-order valence-electron chi connectivity index (χ2n) is 8.51. The standard InChI is InChI=1S/C21H24N6O3S2/c1-21(2,26-32(3,28)29)19-9-16-18(31-19)11-22-20(24-16)27-7-8-30-17(12-27)13-5-4-6-15-14(13)10-23-25-15/h4-6,9-11,17,26H,7-8,12H2,1-3H3,(H,23,25). The first kappa shape index (κ1) is 21.3. The largest absolute Gasteiger partial charge is 0.370 e. The Hall–Kier alpha value is -2.60. The van der Waals surface area contributed by atoms with Gasteiger partial charge in [0.2, 0.25) is 16.0 Å². The fraction of sp³-hybridized carbons (Fsp3) is 0.381. The van der Waals surface area contributed by atoms with Gasteiger partial charge in [-0.1, -0.05) is 12.1 Å². The van der Waals surface area contributed by atoms with Crippen molar-refractivity contribution in [2.24, 2.45) is 0 Å². The van der Waals surface area contributed by atoms with Crippen molar-refractivity contribution < 1.29 is 13.2 Å². The minimum absolute atomic E-state index is 0.111. The Morgan fingerprint density at radius 2 is 2.16 bits per heavy atom. The van der Waals surface area contributed by atoms with Crippen LogP contribution in [-0.2, 0) is 20.3 Å². The molecule has 1 aliphatic heterocycles. The second kappa shape index (κ2) is 7.77. The van der Waals surface area contributed by atoms with Crippen LogP contribution in [0.25, 0.3) is 21.1 Å². The SMILES string of the molecule is CC(C)(NS(C)(=O)=O)c1cc2nc(N3CCOC(c4cccc5[nH]ncc45)C3)ncc2s1. The highest BCUT2D eigenvalue weighted by molar-refractivity contribution is 7.88. The van der Waals surface area contributed by atoms with E-state index in [1.165, 1.54) is 17.6 Å². The molecule has 0 saturated carbocycles. The molecule has 4 aromatic rings. The van der Waals surface area contributed by atoms with Gasteiger partial charge in [0.1, 0.15) is 6.10 Å². The van der Waals surface area contributed by atoms with Gasteiger partial charge in [-0.05, 0) is 31.5 Å². The third-order valence-corrected chi connectivity index (χ3v) is 7.79. The molecule has 0 spiro atoms. The van der Waals surface area contributed by atoms with Gasteiger partial charge in [0, 0.05) is 16.8 Å². The normalized spacial score (nSPS) is 18.0. The van der Waals surface area contributed by atoms with E-state index in [9.17, 15) is 8.42 Å². The molecular formula is C21H24N6O3S2. The van der Waals surface area contributed by atoms with Crippen LogP contribution in [0.4, 0.5) is 5.95 Å². The van der Waals surface area contributed by atoms with Gasteiger partial charge in [0.05, 0.1) is 53.1 Å². The van der Waals surface area contributed by atoms with E-state index in [0.717, 1.165) is 31.6 Å². The van der Waals surface area contributed by atoms with E-state index < -0.39 is 15.6 Å². The monoisotopic (exact) mass is 472 g/mol. The topological polar surface area (TPSA) is 113 Å². The van der Waals surface area contributed by atoms with E-state index in [0.29, 0.717) is 25.6 Å². The van der Waals surface area contributed by atoms with Gasteiger partial charge in [-0.25, -0.2) is 23.1 Å². The molecule has 0 bridgehead atoms. The van der Waals surface area contributed by atoms with Crippen molar-refractivity contribution in [3.63, 3.8) is 0 Å². The number of hydrogen-bond donors (Lipinski definition) is 2. The number of thiophene rings is 1. The van der Waals surface area contributed by atoms with E-state index in [4.69, 9.17) is 9.72 Å². The van der Waals surface area contributed by atoms with E-state index in [-0.39, 0.29) is 6.10 Å². The molecule has 1 unspecified atom stereocenters. The van der Waals surface area contributed by atoms with Crippen molar-refractivity contribution in [3.05, 3.63) is 47.1 Å². The van der Waals surface area contributed by atoms with Crippen LogP contribution >= 0.6 is 11.3 Å². The fourth-order valence-corrected chi connectivity index (χ4v) is 6.22. The Bertz CT molecular complexity index is 1400. The Morgan fingerprint density at radius 3 is 2.97 bits per heavy atom. The van der Waals surface area contributed by atoms with E-state index in [2.05, 4.69) is 30.9 Å². The molecule has 1 aliphatic rings. The molecule has 1 aromatic carbocycles. The zero-order chi connectivity index (χ0) is 22.5. The first-order valence-electron chi connectivity index (χ1n) is 10.2. The van der Waals surface area contributed by atoms with Crippen LogP contribution in [0, 0.1) is 0 Å². The number of H-pyrrole nitrogens is 1. The summed E-state index contributed by atoms with van der Waals surface area (Å²) in [6.45, 7) is 5.59. The fourth-order valence-electron chi connectivity index (χ4n) is 4.09. The number of hydrogen-bond acceptors (Lipinski definition) is 8. The van der Waals surface area contributed by atoms with Crippen molar-refractivity contribution >= 4 is 48.4 Å². The van der Waals surface area contributed by atoms with Crippen molar-refractivity contribution in [2.75, 3.05) is 30.9 Å². The van der Waals surface area contributed by atoms with Crippen molar-refractivity contribution in [2.45, 2.75) is 25.5 Å². The molecule has 0 aliphatic carbocycles. The smallest absolute Gasteiger partial charge is 0.226 e.